The third-order valence-electron chi connectivity index (χ3n) is 3.76. The summed E-state index contributed by atoms with van der Waals surface area (Å²) in [5, 5.41) is 4.00. The van der Waals surface area contributed by atoms with Gasteiger partial charge in [0.25, 0.3) is 5.89 Å². The summed E-state index contributed by atoms with van der Waals surface area (Å²) in [5.74, 6) is 1.76. The van der Waals surface area contributed by atoms with Crippen LogP contribution in [-0.2, 0) is 5.41 Å². The first-order chi connectivity index (χ1) is 11.4. The highest BCUT2D eigenvalue weighted by Crippen LogP contribution is 2.27. The second-order valence-corrected chi connectivity index (χ2v) is 6.73. The van der Waals surface area contributed by atoms with E-state index in [1.54, 1.807) is 12.4 Å². The fourth-order valence-corrected chi connectivity index (χ4v) is 2.31. The molecule has 124 valence electrons. The molecule has 5 heteroatoms. The minimum Gasteiger partial charge on any atom is -0.481 e. The highest BCUT2D eigenvalue weighted by atomic mass is 16.5. The highest BCUT2D eigenvalue weighted by molar-refractivity contribution is 5.52. The number of hydrogen-bond acceptors (Lipinski definition) is 5. The van der Waals surface area contributed by atoms with E-state index >= 15 is 0 Å². The average Bonchev–Trinajstić information content (AvgIpc) is 3.05. The van der Waals surface area contributed by atoms with E-state index in [2.05, 4.69) is 48.0 Å². The van der Waals surface area contributed by atoms with Crippen LogP contribution in [-0.4, -0.2) is 15.1 Å². The largest absolute Gasteiger partial charge is 0.481 e. The summed E-state index contributed by atoms with van der Waals surface area (Å²) in [6, 6.07) is 11.8. The van der Waals surface area contributed by atoms with E-state index in [4.69, 9.17) is 9.26 Å². The Morgan fingerprint density at radius 2 is 1.67 bits per heavy atom. The van der Waals surface area contributed by atoms with Gasteiger partial charge in [-0.3, -0.25) is 4.98 Å². The van der Waals surface area contributed by atoms with Crippen LogP contribution in [0.3, 0.4) is 0 Å². The van der Waals surface area contributed by atoms with Crippen molar-refractivity contribution in [2.75, 3.05) is 0 Å². The molecule has 0 radical (unpaired) electrons. The second kappa shape index (κ2) is 6.43. The Kier molecular flexibility index (Phi) is 4.34. The lowest BCUT2D eigenvalue weighted by Crippen LogP contribution is -2.10. The van der Waals surface area contributed by atoms with Gasteiger partial charge in [-0.1, -0.05) is 38.1 Å². The molecule has 1 atom stereocenters. The molecule has 0 saturated heterocycles. The number of rotatable bonds is 4. The molecule has 0 bridgehead atoms. The molecular weight excluding hydrogens is 302 g/mol. The topological polar surface area (TPSA) is 61.0 Å². The van der Waals surface area contributed by atoms with Gasteiger partial charge in [0.15, 0.2) is 6.10 Å². The molecule has 0 spiro atoms. The summed E-state index contributed by atoms with van der Waals surface area (Å²) in [6.07, 6.45) is 3.07. The van der Waals surface area contributed by atoms with E-state index in [1.165, 1.54) is 5.56 Å². The molecule has 0 aliphatic heterocycles. The fourth-order valence-electron chi connectivity index (χ4n) is 2.31. The molecule has 3 rings (SSSR count). The summed E-state index contributed by atoms with van der Waals surface area (Å²) < 4.78 is 11.2. The van der Waals surface area contributed by atoms with E-state index in [0.29, 0.717) is 11.7 Å². The van der Waals surface area contributed by atoms with Crippen molar-refractivity contribution < 1.29 is 9.26 Å². The Balaban J connectivity index is 1.71. The zero-order valence-corrected chi connectivity index (χ0v) is 14.4. The van der Waals surface area contributed by atoms with Crippen LogP contribution >= 0.6 is 0 Å². The maximum absolute atomic E-state index is 5.91. The van der Waals surface area contributed by atoms with Gasteiger partial charge in [-0.2, -0.15) is 4.98 Å². The number of ether oxygens (including phenoxy) is 1. The van der Waals surface area contributed by atoms with Crippen LogP contribution in [0.15, 0.2) is 53.3 Å². The van der Waals surface area contributed by atoms with Crippen LogP contribution in [0.1, 0.15) is 45.3 Å². The molecule has 5 nitrogen and oxygen atoms in total. The van der Waals surface area contributed by atoms with Crippen molar-refractivity contribution in [1.29, 1.82) is 0 Å². The first-order valence-electron chi connectivity index (χ1n) is 7.95. The summed E-state index contributed by atoms with van der Waals surface area (Å²) in [6.45, 7) is 8.45. The lowest BCUT2D eigenvalue weighted by Gasteiger charge is -2.19. The minimum atomic E-state index is -0.325. The van der Waals surface area contributed by atoms with Gasteiger partial charge in [0.05, 0.1) is 0 Å². The third kappa shape index (κ3) is 3.62. The van der Waals surface area contributed by atoms with Crippen LogP contribution in [0.25, 0.3) is 11.4 Å². The van der Waals surface area contributed by atoms with Gasteiger partial charge >= 0.3 is 0 Å². The minimum absolute atomic E-state index is 0.121. The molecule has 1 aromatic carbocycles. The first-order valence-corrected chi connectivity index (χ1v) is 7.95. The number of pyridine rings is 1. The van der Waals surface area contributed by atoms with Crippen LogP contribution in [0, 0.1) is 0 Å². The van der Waals surface area contributed by atoms with Gasteiger partial charge in [0.1, 0.15) is 5.75 Å². The van der Waals surface area contributed by atoms with Gasteiger partial charge in [-0.05, 0) is 42.2 Å². The summed E-state index contributed by atoms with van der Waals surface area (Å²) in [7, 11) is 0. The van der Waals surface area contributed by atoms with Crippen molar-refractivity contribution in [2.45, 2.75) is 39.2 Å². The van der Waals surface area contributed by atoms with Crippen molar-refractivity contribution in [3.8, 4) is 17.1 Å². The molecule has 0 unspecified atom stereocenters. The fraction of sp³-hybridized carbons (Fsp3) is 0.316. The van der Waals surface area contributed by atoms with E-state index in [0.717, 1.165) is 11.3 Å². The van der Waals surface area contributed by atoms with Gasteiger partial charge in [-0.15, -0.1) is 0 Å². The van der Waals surface area contributed by atoms with E-state index < -0.39 is 0 Å². The standard InChI is InChI=1S/C19H21N3O2/c1-13(23-16-7-5-15(6-8-16)19(2,3)4)18-21-17(22-24-18)14-9-11-20-12-10-14/h5-13H,1-4H3/t13-/m1/s1. The van der Waals surface area contributed by atoms with Crippen LogP contribution < -0.4 is 4.74 Å². The van der Waals surface area contributed by atoms with Crippen LogP contribution in [0.2, 0.25) is 0 Å². The predicted molar refractivity (Wildman–Crippen MR) is 91.7 cm³/mol. The van der Waals surface area contributed by atoms with Crippen LogP contribution in [0.5, 0.6) is 5.75 Å². The van der Waals surface area contributed by atoms with Gasteiger partial charge in [0.2, 0.25) is 5.82 Å². The molecule has 2 heterocycles. The van der Waals surface area contributed by atoms with E-state index in [-0.39, 0.29) is 11.5 Å². The third-order valence-corrected chi connectivity index (χ3v) is 3.76. The molecule has 0 fully saturated rings. The Hall–Kier alpha value is -2.69. The summed E-state index contributed by atoms with van der Waals surface area (Å²) in [5.41, 5.74) is 2.25. The van der Waals surface area contributed by atoms with E-state index in [9.17, 15) is 0 Å². The number of nitrogens with zero attached hydrogens (tertiary/aromatic N) is 3. The Labute approximate surface area is 141 Å². The van der Waals surface area contributed by atoms with E-state index in [1.807, 2.05) is 31.2 Å². The zero-order chi connectivity index (χ0) is 17.2. The normalized spacial score (nSPS) is 12.8. The molecule has 0 aliphatic carbocycles. The molecule has 0 saturated carbocycles. The predicted octanol–water partition coefficient (Wildman–Crippen LogP) is 4.57. The Morgan fingerprint density at radius 1 is 1.00 bits per heavy atom. The maximum Gasteiger partial charge on any atom is 0.267 e. The molecule has 3 aromatic rings. The Morgan fingerprint density at radius 3 is 2.29 bits per heavy atom. The average molecular weight is 323 g/mol. The van der Waals surface area contributed by atoms with Gasteiger partial charge in [0, 0.05) is 18.0 Å². The smallest absolute Gasteiger partial charge is 0.267 e. The van der Waals surface area contributed by atoms with Gasteiger partial charge in [-0.25, -0.2) is 0 Å². The summed E-state index contributed by atoms with van der Waals surface area (Å²) in [4.78, 5) is 8.38. The number of hydrogen-bond donors (Lipinski definition) is 0. The Bertz CT molecular complexity index is 789. The first kappa shape index (κ1) is 16.2. The molecule has 2 aromatic heterocycles. The quantitative estimate of drug-likeness (QED) is 0.704. The highest BCUT2D eigenvalue weighted by Gasteiger charge is 2.18. The number of aromatic nitrogens is 3. The van der Waals surface area contributed by atoms with Crippen molar-refractivity contribution in [1.82, 2.24) is 15.1 Å². The van der Waals surface area contributed by atoms with Crippen molar-refractivity contribution in [3.05, 3.63) is 60.2 Å². The SMILES string of the molecule is C[C@@H](Oc1ccc(C(C)(C)C)cc1)c1nc(-c2ccncc2)no1. The molecule has 0 N–H and O–H groups in total. The monoisotopic (exact) mass is 323 g/mol. The second-order valence-electron chi connectivity index (χ2n) is 6.73. The number of benzene rings is 1. The zero-order valence-electron chi connectivity index (χ0n) is 14.4. The van der Waals surface area contributed by atoms with Gasteiger partial charge < -0.3 is 9.26 Å². The molecule has 0 amide bonds. The maximum atomic E-state index is 5.91. The molecule has 24 heavy (non-hydrogen) atoms. The van der Waals surface area contributed by atoms with Crippen LogP contribution in [0.4, 0.5) is 0 Å². The van der Waals surface area contributed by atoms with Crippen molar-refractivity contribution in [3.63, 3.8) is 0 Å². The molecule has 0 aliphatic rings. The lowest BCUT2D eigenvalue weighted by molar-refractivity contribution is 0.175. The molecular formula is C19H21N3O2. The van der Waals surface area contributed by atoms with Crippen molar-refractivity contribution >= 4 is 0 Å². The summed E-state index contributed by atoms with van der Waals surface area (Å²) >= 11 is 0. The van der Waals surface area contributed by atoms with Crippen molar-refractivity contribution in [2.24, 2.45) is 0 Å². The lowest BCUT2D eigenvalue weighted by atomic mass is 9.87.